The number of nitrogens with one attached hydrogen (secondary N) is 1. The van der Waals surface area contributed by atoms with E-state index in [0.717, 1.165) is 5.56 Å². The quantitative estimate of drug-likeness (QED) is 0.722. The van der Waals surface area contributed by atoms with Crippen LogP contribution in [0.25, 0.3) is 5.69 Å². The summed E-state index contributed by atoms with van der Waals surface area (Å²) in [4.78, 5) is 24.1. The lowest BCUT2D eigenvalue weighted by atomic mass is 9.88. The molecule has 28 heavy (non-hydrogen) atoms. The molecule has 1 amide bonds. The zero-order valence-electron chi connectivity index (χ0n) is 15.0. The third-order valence-corrected chi connectivity index (χ3v) is 4.86. The van der Waals surface area contributed by atoms with Gasteiger partial charge in [0.15, 0.2) is 0 Å². The molecule has 0 radical (unpaired) electrons. The van der Waals surface area contributed by atoms with Crippen molar-refractivity contribution in [3.63, 3.8) is 0 Å². The maximum absolute atomic E-state index is 13.4. The van der Waals surface area contributed by atoms with Crippen molar-refractivity contribution >= 4 is 17.6 Å². The summed E-state index contributed by atoms with van der Waals surface area (Å²) in [7, 11) is 1.56. The number of methoxy groups -OCH3 is 1. The summed E-state index contributed by atoms with van der Waals surface area (Å²) in [6.45, 7) is 0. The molecule has 2 heterocycles. The number of carboxylic acids is 1. The number of aromatic carboxylic acids is 1. The molecule has 142 valence electrons. The highest BCUT2D eigenvalue weighted by atomic mass is 19.1. The first-order valence-corrected chi connectivity index (χ1v) is 8.66. The van der Waals surface area contributed by atoms with Crippen LogP contribution in [0.5, 0.6) is 5.75 Å². The number of carbonyl (C=O) groups excluding carboxylic acids is 1. The molecular formula is C21H17FN2O4. The van der Waals surface area contributed by atoms with Crippen LogP contribution in [0.4, 0.5) is 10.1 Å². The van der Waals surface area contributed by atoms with Crippen LogP contribution in [-0.2, 0) is 4.79 Å². The fraction of sp³-hybridized carbons (Fsp3) is 0.143. The van der Waals surface area contributed by atoms with Gasteiger partial charge in [-0.1, -0.05) is 12.1 Å². The van der Waals surface area contributed by atoms with E-state index in [4.69, 9.17) is 4.74 Å². The van der Waals surface area contributed by atoms with E-state index in [2.05, 4.69) is 5.32 Å². The Morgan fingerprint density at radius 2 is 2.00 bits per heavy atom. The Morgan fingerprint density at radius 3 is 2.68 bits per heavy atom. The summed E-state index contributed by atoms with van der Waals surface area (Å²) < 4.78 is 20.4. The Labute approximate surface area is 160 Å². The highest BCUT2D eigenvalue weighted by Crippen LogP contribution is 2.42. The van der Waals surface area contributed by atoms with Crippen LogP contribution in [0.1, 0.15) is 34.0 Å². The van der Waals surface area contributed by atoms with Gasteiger partial charge in [0.05, 0.1) is 18.5 Å². The molecule has 3 aromatic rings. The first-order chi connectivity index (χ1) is 13.5. The Morgan fingerprint density at radius 1 is 1.25 bits per heavy atom. The van der Waals surface area contributed by atoms with E-state index >= 15 is 0 Å². The number of ether oxygens (including phenoxy) is 1. The van der Waals surface area contributed by atoms with E-state index in [1.54, 1.807) is 29.9 Å². The fourth-order valence-corrected chi connectivity index (χ4v) is 3.58. The van der Waals surface area contributed by atoms with Gasteiger partial charge in [0.1, 0.15) is 17.1 Å². The summed E-state index contributed by atoms with van der Waals surface area (Å²) in [6.07, 6.45) is 1.61. The smallest absolute Gasteiger partial charge is 0.339 e. The third kappa shape index (κ3) is 3.00. The van der Waals surface area contributed by atoms with Gasteiger partial charge in [0, 0.05) is 24.2 Å². The maximum atomic E-state index is 13.4. The van der Waals surface area contributed by atoms with Crippen LogP contribution >= 0.6 is 0 Å². The number of nitrogens with zero attached hydrogens (tertiary/aromatic N) is 1. The highest BCUT2D eigenvalue weighted by Gasteiger charge is 2.34. The number of carbonyl (C=O) groups is 2. The van der Waals surface area contributed by atoms with Gasteiger partial charge in [-0.3, -0.25) is 4.79 Å². The number of anilines is 1. The lowest BCUT2D eigenvalue weighted by molar-refractivity contribution is -0.116. The molecule has 1 aliphatic rings. The average Bonchev–Trinajstić information content (AvgIpc) is 3.07. The first kappa shape index (κ1) is 17.8. The average molecular weight is 380 g/mol. The standard InChI is InChI=1S/C21H17FN2O4/c1-28-15-4-2-3-12(9-15)16-10-18(25)23-19-17(21(26)27)11-24(20(16)19)14-7-5-13(22)6-8-14/h2-9,11,16H,10H2,1H3,(H,23,25)(H,26,27)/t16-/m0/s1. The van der Waals surface area contributed by atoms with Crippen LogP contribution in [0.15, 0.2) is 54.7 Å². The molecule has 6 nitrogen and oxygen atoms in total. The highest BCUT2D eigenvalue weighted by molar-refractivity contribution is 6.04. The lowest BCUT2D eigenvalue weighted by Crippen LogP contribution is -2.25. The second-order valence-electron chi connectivity index (χ2n) is 6.54. The predicted octanol–water partition coefficient (Wildman–Crippen LogP) is 3.80. The molecular weight excluding hydrogens is 363 g/mol. The Bertz CT molecular complexity index is 1070. The number of aromatic nitrogens is 1. The monoisotopic (exact) mass is 380 g/mol. The topological polar surface area (TPSA) is 80.6 Å². The number of hydrogen-bond acceptors (Lipinski definition) is 3. The number of hydrogen-bond donors (Lipinski definition) is 2. The van der Waals surface area contributed by atoms with Crippen LogP contribution in [0.2, 0.25) is 0 Å². The van der Waals surface area contributed by atoms with Crippen molar-refractivity contribution in [2.75, 3.05) is 12.4 Å². The van der Waals surface area contributed by atoms with Gasteiger partial charge in [0.2, 0.25) is 5.91 Å². The Balaban J connectivity index is 1.95. The lowest BCUT2D eigenvalue weighted by Gasteiger charge is -2.26. The van der Waals surface area contributed by atoms with Crippen molar-refractivity contribution in [2.45, 2.75) is 12.3 Å². The Kier molecular flexibility index (Phi) is 4.35. The van der Waals surface area contributed by atoms with Crippen LogP contribution < -0.4 is 10.1 Å². The van der Waals surface area contributed by atoms with E-state index in [-0.39, 0.29) is 35.3 Å². The SMILES string of the molecule is COc1cccc([C@@H]2CC(=O)Nc3c(C(=O)O)cn(-c4ccc(F)cc4)c32)c1. The van der Waals surface area contributed by atoms with E-state index < -0.39 is 5.97 Å². The van der Waals surface area contributed by atoms with Gasteiger partial charge in [0.25, 0.3) is 0 Å². The molecule has 7 heteroatoms. The summed E-state index contributed by atoms with van der Waals surface area (Å²) in [5, 5.41) is 12.3. The van der Waals surface area contributed by atoms with Crippen molar-refractivity contribution in [2.24, 2.45) is 0 Å². The minimum atomic E-state index is -1.15. The van der Waals surface area contributed by atoms with Gasteiger partial charge >= 0.3 is 5.97 Å². The zero-order chi connectivity index (χ0) is 19.8. The third-order valence-electron chi connectivity index (χ3n) is 4.86. The molecule has 0 fully saturated rings. The second kappa shape index (κ2) is 6.84. The molecule has 0 saturated carbocycles. The molecule has 0 aliphatic carbocycles. The summed E-state index contributed by atoms with van der Waals surface area (Å²) >= 11 is 0. The van der Waals surface area contributed by atoms with E-state index in [0.29, 0.717) is 17.1 Å². The molecule has 2 N–H and O–H groups in total. The summed E-state index contributed by atoms with van der Waals surface area (Å²) in [6, 6.07) is 13.1. The van der Waals surface area contributed by atoms with Gasteiger partial charge in [-0.25, -0.2) is 9.18 Å². The summed E-state index contributed by atoms with van der Waals surface area (Å²) in [5.74, 6) is -1.54. The van der Waals surface area contributed by atoms with Gasteiger partial charge in [-0.05, 0) is 42.0 Å². The van der Waals surface area contributed by atoms with Crippen LogP contribution in [0, 0.1) is 5.82 Å². The van der Waals surface area contributed by atoms with Gasteiger partial charge < -0.3 is 19.7 Å². The molecule has 4 rings (SSSR count). The molecule has 0 spiro atoms. The first-order valence-electron chi connectivity index (χ1n) is 8.66. The van der Waals surface area contributed by atoms with Crippen molar-refractivity contribution < 1.29 is 23.8 Å². The minimum Gasteiger partial charge on any atom is -0.497 e. The van der Waals surface area contributed by atoms with Gasteiger partial charge in [-0.2, -0.15) is 0 Å². The summed E-state index contributed by atoms with van der Waals surface area (Å²) in [5.41, 5.74) is 2.32. The van der Waals surface area contributed by atoms with E-state index in [9.17, 15) is 19.1 Å². The number of rotatable bonds is 4. The molecule has 0 saturated heterocycles. The Hall–Kier alpha value is -3.61. The maximum Gasteiger partial charge on any atom is 0.339 e. The molecule has 0 unspecified atom stereocenters. The molecule has 0 bridgehead atoms. The van der Waals surface area contributed by atoms with E-state index in [1.165, 1.54) is 18.3 Å². The fourth-order valence-electron chi connectivity index (χ4n) is 3.58. The number of fused-ring (bicyclic) bond motifs is 1. The molecule has 1 aromatic heterocycles. The second-order valence-corrected chi connectivity index (χ2v) is 6.54. The predicted molar refractivity (Wildman–Crippen MR) is 101 cm³/mol. The zero-order valence-corrected chi connectivity index (χ0v) is 15.0. The van der Waals surface area contributed by atoms with Crippen molar-refractivity contribution in [3.8, 4) is 11.4 Å². The van der Waals surface area contributed by atoms with Crippen molar-refractivity contribution in [1.29, 1.82) is 0 Å². The number of benzene rings is 2. The van der Waals surface area contributed by atoms with Crippen molar-refractivity contribution in [3.05, 3.63) is 77.4 Å². The number of halogens is 1. The van der Waals surface area contributed by atoms with Crippen LogP contribution in [-0.4, -0.2) is 28.7 Å². The minimum absolute atomic E-state index is 0.0136. The largest absolute Gasteiger partial charge is 0.497 e. The van der Waals surface area contributed by atoms with E-state index in [1.807, 2.05) is 18.2 Å². The number of amides is 1. The van der Waals surface area contributed by atoms with Crippen molar-refractivity contribution in [1.82, 2.24) is 4.57 Å². The molecule has 2 aromatic carbocycles. The van der Waals surface area contributed by atoms with Crippen LogP contribution in [0.3, 0.4) is 0 Å². The normalized spacial score (nSPS) is 15.6. The van der Waals surface area contributed by atoms with Gasteiger partial charge in [-0.15, -0.1) is 0 Å². The molecule has 1 aliphatic heterocycles. The number of carboxylic acid groups (broad SMARTS) is 1. The molecule has 1 atom stereocenters.